The number of hydrogen-bond acceptors (Lipinski definition) is 3. The maximum atomic E-state index is 12.8. The van der Waals surface area contributed by atoms with Crippen LogP contribution < -0.4 is 0 Å². The molecule has 1 amide bonds. The highest BCUT2D eigenvalue weighted by Crippen LogP contribution is 2.39. The van der Waals surface area contributed by atoms with E-state index in [9.17, 15) is 15.0 Å². The number of hydrogen-bond donors (Lipinski definition) is 2. The van der Waals surface area contributed by atoms with Crippen molar-refractivity contribution in [1.29, 1.82) is 0 Å². The Labute approximate surface area is 147 Å². The molecule has 2 aliphatic rings. The SMILES string of the molecule is Cc1ccc(CN2Cc3cccc4c3[C@@H](CC2=O)[C@H](O)[C@H](O)C4)cc1. The molecule has 130 valence electrons. The van der Waals surface area contributed by atoms with Crippen molar-refractivity contribution < 1.29 is 15.0 Å². The molecule has 1 aliphatic carbocycles. The molecular weight excluding hydrogens is 314 g/mol. The maximum Gasteiger partial charge on any atom is 0.223 e. The van der Waals surface area contributed by atoms with Gasteiger partial charge < -0.3 is 15.1 Å². The highest BCUT2D eigenvalue weighted by Gasteiger charge is 2.40. The largest absolute Gasteiger partial charge is 0.390 e. The van der Waals surface area contributed by atoms with Gasteiger partial charge in [-0.15, -0.1) is 0 Å². The molecule has 0 aromatic heterocycles. The maximum absolute atomic E-state index is 12.8. The van der Waals surface area contributed by atoms with Crippen molar-refractivity contribution in [2.45, 2.75) is 51.0 Å². The summed E-state index contributed by atoms with van der Waals surface area (Å²) >= 11 is 0. The Balaban J connectivity index is 1.68. The predicted molar refractivity (Wildman–Crippen MR) is 95.0 cm³/mol. The van der Waals surface area contributed by atoms with E-state index in [1.165, 1.54) is 5.56 Å². The fraction of sp³-hybridized carbons (Fsp3) is 0.381. The summed E-state index contributed by atoms with van der Waals surface area (Å²) in [6.45, 7) is 3.16. The highest BCUT2D eigenvalue weighted by atomic mass is 16.3. The molecule has 2 aromatic carbocycles. The van der Waals surface area contributed by atoms with E-state index in [0.717, 1.165) is 22.3 Å². The first-order valence-electron chi connectivity index (χ1n) is 8.83. The minimum atomic E-state index is -0.878. The van der Waals surface area contributed by atoms with Crippen LogP contribution in [0.25, 0.3) is 0 Å². The Morgan fingerprint density at radius 1 is 1.04 bits per heavy atom. The first kappa shape index (κ1) is 16.3. The Morgan fingerprint density at radius 2 is 1.76 bits per heavy atom. The molecule has 4 rings (SSSR count). The van der Waals surface area contributed by atoms with E-state index in [1.807, 2.05) is 30.0 Å². The number of benzene rings is 2. The molecule has 4 nitrogen and oxygen atoms in total. The average molecular weight is 337 g/mol. The van der Waals surface area contributed by atoms with Crippen LogP contribution in [0.1, 0.15) is 40.2 Å². The van der Waals surface area contributed by atoms with Gasteiger partial charge in [-0.1, -0.05) is 48.0 Å². The van der Waals surface area contributed by atoms with Gasteiger partial charge in [0.25, 0.3) is 0 Å². The quantitative estimate of drug-likeness (QED) is 0.884. The van der Waals surface area contributed by atoms with Crippen LogP contribution in [0.15, 0.2) is 42.5 Å². The lowest BCUT2D eigenvalue weighted by Crippen LogP contribution is -2.39. The van der Waals surface area contributed by atoms with Crippen LogP contribution in [0.2, 0.25) is 0 Å². The van der Waals surface area contributed by atoms with Crippen LogP contribution in [0.5, 0.6) is 0 Å². The Hall–Kier alpha value is -2.17. The highest BCUT2D eigenvalue weighted by molar-refractivity contribution is 5.78. The van der Waals surface area contributed by atoms with Crippen LogP contribution in [-0.4, -0.2) is 33.2 Å². The fourth-order valence-electron chi connectivity index (χ4n) is 4.14. The number of nitrogens with zero attached hydrogens (tertiary/aromatic N) is 1. The molecule has 0 saturated heterocycles. The number of aryl methyl sites for hydroxylation is 1. The van der Waals surface area contributed by atoms with Crippen LogP contribution in [0.3, 0.4) is 0 Å². The van der Waals surface area contributed by atoms with Gasteiger partial charge in [0.1, 0.15) is 0 Å². The average Bonchev–Trinajstić information content (AvgIpc) is 2.73. The first-order chi connectivity index (χ1) is 12.0. The summed E-state index contributed by atoms with van der Waals surface area (Å²) in [7, 11) is 0. The second-order valence-corrected chi connectivity index (χ2v) is 7.30. The van der Waals surface area contributed by atoms with Gasteiger partial charge in [-0.3, -0.25) is 4.79 Å². The van der Waals surface area contributed by atoms with Crippen LogP contribution in [0, 0.1) is 6.92 Å². The van der Waals surface area contributed by atoms with Crippen molar-refractivity contribution in [3.05, 3.63) is 70.3 Å². The zero-order valence-corrected chi connectivity index (χ0v) is 14.4. The predicted octanol–water partition coefficient (Wildman–Crippen LogP) is 2.29. The lowest BCUT2D eigenvalue weighted by molar-refractivity contribution is -0.133. The Kier molecular flexibility index (Phi) is 4.10. The summed E-state index contributed by atoms with van der Waals surface area (Å²) in [6, 6.07) is 14.2. The number of carbonyl (C=O) groups excluding carboxylic acids is 1. The van der Waals surface area contributed by atoms with Crippen LogP contribution in [-0.2, 0) is 24.3 Å². The van der Waals surface area contributed by atoms with Gasteiger partial charge in [0, 0.05) is 31.8 Å². The molecule has 1 heterocycles. The second kappa shape index (κ2) is 6.28. The molecular formula is C21H23NO3. The smallest absolute Gasteiger partial charge is 0.223 e. The van der Waals surface area contributed by atoms with E-state index in [-0.39, 0.29) is 18.2 Å². The zero-order chi connectivity index (χ0) is 17.6. The van der Waals surface area contributed by atoms with E-state index in [0.29, 0.717) is 19.5 Å². The third-order valence-electron chi connectivity index (χ3n) is 5.50. The van der Waals surface area contributed by atoms with Crippen LogP contribution >= 0.6 is 0 Å². The molecule has 3 atom stereocenters. The molecule has 0 spiro atoms. The summed E-state index contributed by atoms with van der Waals surface area (Å²) in [4.78, 5) is 14.7. The standard InChI is InChI=1S/C21H23NO3/c1-13-5-7-14(8-6-13)11-22-12-16-4-2-3-15-9-18(23)21(25)17(20(15)16)10-19(22)24/h2-8,17-18,21,23,25H,9-12H2,1H3/t17-,18-,21+/m1/s1. The number of amides is 1. The minimum absolute atomic E-state index is 0.0286. The van der Waals surface area contributed by atoms with Crippen molar-refractivity contribution in [2.75, 3.05) is 0 Å². The van der Waals surface area contributed by atoms with Crippen molar-refractivity contribution in [2.24, 2.45) is 0 Å². The third kappa shape index (κ3) is 2.96. The van der Waals surface area contributed by atoms with E-state index in [4.69, 9.17) is 0 Å². The molecule has 0 bridgehead atoms. The molecule has 0 unspecified atom stereocenters. The molecule has 1 aliphatic heterocycles. The zero-order valence-electron chi connectivity index (χ0n) is 14.4. The topological polar surface area (TPSA) is 60.8 Å². The van der Waals surface area contributed by atoms with Gasteiger partial charge in [-0.25, -0.2) is 0 Å². The van der Waals surface area contributed by atoms with Crippen molar-refractivity contribution in [3.8, 4) is 0 Å². The van der Waals surface area contributed by atoms with E-state index in [2.05, 4.69) is 24.3 Å². The molecule has 4 heteroatoms. The van der Waals surface area contributed by atoms with Gasteiger partial charge in [0.15, 0.2) is 0 Å². The fourth-order valence-corrected chi connectivity index (χ4v) is 4.14. The monoisotopic (exact) mass is 337 g/mol. The van der Waals surface area contributed by atoms with Gasteiger partial charge in [-0.2, -0.15) is 0 Å². The number of rotatable bonds is 2. The summed E-state index contributed by atoms with van der Waals surface area (Å²) < 4.78 is 0. The summed E-state index contributed by atoms with van der Waals surface area (Å²) in [5.74, 6) is -0.286. The Bertz CT molecular complexity index is 799. The molecule has 2 N–H and O–H groups in total. The van der Waals surface area contributed by atoms with Gasteiger partial charge in [-0.05, 0) is 29.2 Å². The number of aliphatic hydroxyl groups excluding tert-OH is 2. The molecule has 0 fully saturated rings. The van der Waals surface area contributed by atoms with E-state index < -0.39 is 12.2 Å². The molecule has 0 saturated carbocycles. The normalized spacial score (nSPS) is 25.5. The lowest BCUT2D eigenvalue weighted by Gasteiger charge is -2.33. The lowest BCUT2D eigenvalue weighted by atomic mass is 9.76. The third-order valence-corrected chi connectivity index (χ3v) is 5.50. The minimum Gasteiger partial charge on any atom is -0.390 e. The number of carbonyl (C=O) groups is 1. The van der Waals surface area contributed by atoms with Crippen LogP contribution in [0.4, 0.5) is 0 Å². The summed E-state index contributed by atoms with van der Waals surface area (Å²) in [5, 5.41) is 20.6. The van der Waals surface area contributed by atoms with Gasteiger partial charge >= 0.3 is 0 Å². The van der Waals surface area contributed by atoms with Crippen molar-refractivity contribution in [1.82, 2.24) is 4.90 Å². The van der Waals surface area contributed by atoms with Gasteiger partial charge in [0.2, 0.25) is 5.91 Å². The van der Waals surface area contributed by atoms with Crippen molar-refractivity contribution >= 4 is 5.91 Å². The van der Waals surface area contributed by atoms with E-state index >= 15 is 0 Å². The first-order valence-corrected chi connectivity index (χ1v) is 8.83. The Morgan fingerprint density at radius 3 is 2.52 bits per heavy atom. The summed E-state index contributed by atoms with van der Waals surface area (Å²) in [5.41, 5.74) is 5.52. The van der Waals surface area contributed by atoms with Crippen molar-refractivity contribution in [3.63, 3.8) is 0 Å². The summed E-state index contributed by atoms with van der Waals surface area (Å²) in [6.07, 6.45) is -0.984. The molecule has 0 radical (unpaired) electrons. The van der Waals surface area contributed by atoms with Gasteiger partial charge in [0.05, 0.1) is 12.2 Å². The molecule has 25 heavy (non-hydrogen) atoms. The number of aliphatic hydroxyl groups is 2. The molecule has 2 aromatic rings. The van der Waals surface area contributed by atoms with E-state index in [1.54, 1.807) is 0 Å². The second-order valence-electron chi connectivity index (χ2n) is 7.30.